The first-order valence-electron chi connectivity index (χ1n) is 10.7. The maximum atomic E-state index is 12.8. The molecule has 0 fully saturated rings. The molecule has 1 atom stereocenters. The predicted octanol–water partition coefficient (Wildman–Crippen LogP) is 3.84. The summed E-state index contributed by atoms with van der Waals surface area (Å²) in [6.07, 6.45) is 6.80. The molecule has 172 valence electrons. The van der Waals surface area contributed by atoms with E-state index in [1.165, 1.54) is 0 Å². The normalized spacial score (nSPS) is 12.3. The molecule has 1 amide bonds. The van der Waals surface area contributed by atoms with Gasteiger partial charge in [-0.15, -0.1) is 0 Å². The van der Waals surface area contributed by atoms with Gasteiger partial charge in [0, 0.05) is 42.2 Å². The fourth-order valence-electron chi connectivity index (χ4n) is 3.89. The molecule has 0 saturated carbocycles. The van der Waals surface area contributed by atoms with E-state index in [0.29, 0.717) is 46.3 Å². The summed E-state index contributed by atoms with van der Waals surface area (Å²) in [6, 6.07) is 9.36. The zero-order chi connectivity index (χ0) is 23.7. The summed E-state index contributed by atoms with van der Waals surface area (Å²) in [4.78, 5) is 29.3. The van der Waals surface area contributed by atoms with Crippen molar-refractivity contribution in [3.05, 3.63) is 71.3 Å². The van der Waals surface area contributed by atoms with Crippen LogP contribution < -0.4 is 5.32 Å². The van der Waals surface area contributed by atoms with Gasteiger partial charge in [0.25, 0.3) is 5.91 Å². The molecule has 0 spiro atoms. The lowest BCUT2D eigenvalue weighted by Gasteiger charge is -2.11. The lowest BCUT2D eigenvalue weighted by Crippen LogP contribution is -2.35. The van der Waals surface area contributed by atoms with Crippen LogP contribution in [-0.4, -0.2) is 55.4 Å². The number of H-pyrrole nitrogens is 1. The molecule has 9 nitrogen and oxygen atoms in total. The average Bonchev–Trinajstić information content (AvgIpc) is 3.41. The molecule has 34 heavy (non-hydrogen) atoms. The van der Waals surface area contributed by atoms with Crippen molar-refractivity contribution in [1.29, 1.82) is 0 Å². The number of fused-ring (bicyclic) bond motifs is 2. The van der Waals surface area contributed by atoms with Gasteiger partial charge in [0.2, 0.25) is 0 Å². The maximum absolute atomic E-state index is 12.8. The zero-order valence-corrected chi connectivity index (χ0v) is 19.4. The number of carbonyl (C=O) groups is 1. The van der Waals surface area contributed by atoms with E-state index in [0.717, 1.165) is 16.5 Å². The monoisotopic (exact) mass is 475 g/mol. The minimum absolute atomic E-state index is 0.143. The van der Waals surface area contributed by atoms with Gasteiger partial charge in [-0.3, -0.25) is 14.5 Å². The number of rotatable bonds is 7. The second kappa shape index (κ2) is 9.20. The van der Waals surface area contributed by atoms with E-state index in [1.807, 2.05) is 41.9 Å². The van der Waals surface area contributed by atoms with Crippen LogP contribution in [0.2, 0.25) is 5.02 Å². The molecule has 10 heteroatoms. The number of pyridine rings is 1. The van der Waals surface area contributed by atoms with Gasteiger partial charge in [0.1, 0.15) is 16.9 Å². The largest absolute Gasteiger partial charge is 0.383 e. The van der Waals surface area contributed by atoms with Crippen molar-refractivity contribution in [1.82, 2.24) is 35.0 Å². The third-order valence-corrected chi connectivity index (χ3v) is 5.67. The van der Waals surface area contributed by atoms with E-state index < -0.39 is 0 Å². The standard InChI is InChI=1S/C24H22ClN7O2/c1-14(13-34-2)29-24(33)18-10-27-23-22(18)30-19(11-28-23)21-17-6-5-16(25)8-20(17)32(31-21)12-15-4-3-7-26-9-15/h3-11,14H,12-13H2,1-2H3,(H,27,28)(H,29,33). The molecule has 1 unspecified atom stereocenters. The Kier molecular flexibility index (Phi) is 5.95. The Morgan fingerprint density at radius 3 is 2.97 bits per heavy atom. The molecule has 0 aliphatic rings. The van der Waals surface area contributed by atoms with Crippen molar-refractivity contribution in [3.8, 4) is 11.4 Å². The number of aromatic nitrogens is 6. The highest BCUT2D eigenvalue weighted by molar-refractivity contribution is 6.31. The van der Waals surface area contributed by atoms with E-state index in [-0.39, 0.29) is 11.9 Å². The van der Waals surface area contributed by atoms with Crippen molar-refractivity contribution in [2.45, 2.75) is 19.5 Å². The van der Waals surface area contributed by atoms with E-state index in [2.05, 4.69) is 20.3 Å². The summed E-state index contributed by atoms with van der Waals surface area (Å²) in [5.74, 6) is -0.249. The number of methoxy groups -OCH3 is 1. The Labute approximate surface area is 200 Å². The molecule has 4 heterocycles. The highest BCUT2D eigenvalue weighted by atomic mass is 35.5. The quantitative estimate of drug-likeness (QED) is 0.370. The van der Waals surface area contributed by atoms with Gasteiger partial charge in [0.15, 0.2) is 5.65 Å². The Bertz CT molecular complexity index is 1480. The van der Waals surface area contributed by atoms with Crippen LogP contribution in [0, 0.1) is 0 Å². The highest BCUT2D eigenvalue weighted by Gasteiger charge is 2.20. The molecule has 0 saturated heterocycles. The van der Waals surface area contributed by atoms with Gasteiger partial charge in [-0.2, -0.15) is 5.10 Å². The van der Waals surface area contributed by atoms with Crippen LogP contribution in [0.3, 0.4) is 0 Å². The van der Waals surface area contributed by atoms with Crippen molar-refractivity contribution in [2.24, 2.45) is 0 Å². The third-order valence-electron chi connectivity index (χ3n) is 5.43. The van der Waals surface area contributed by atoms with Crippen LogP contribution in [0.25, 0.3) is 33.5 Å². The minimum atomic E-state index is -0.249. The van der Waals surface area contributed by atoms with Gasteiger partial charge in [-0.25, -0.2) is 9.97 Å². The summed E-state index contributed by atoms with van der Waals surface area (Å²) in [5.41, 5.74) is 4.51. The number of ether oxygens (including phenoxy) is 1. The number of nitrogens with zero attached hydrogens (tertiary/aromatic N) is 5. The van der Waals surface area contributed by atoms with Crippen molar-refractivity contribution >= 4 is 39.6 Å². The first kappa shape index (κ1) is 22.0. The van der Waals surface area contributed by atoms with Crippen molar-refractivity contribution in [3.63, 3.8) is 0 Å². The number of hydrogen-bond acceptors (Lipinski definition) is 6. The fraction of sp³-hybridized carbons (Fsp3) is 0.208. The summed E-state index contributed by atoms with van der Waals surface area (Å²) in [6.45, 7) is 2.81. The van der Waals surface area contributed by atoms with E-state index >= 15 is 0 Å². The fourth-order valence-corrected chi connectivity index (χ4v) is 4.06. The number of halogens is 1. The molecule has 4 aromatic heterocycles. The van der Waals surface area contributed by atoms with Gasteiger partial charge < -0.3 is 15.0 Å². The zero-order valence-electron chi connectivity index (χ0n) is 18.6. The van der Waals surface area contributed by atoms with Gasteiger partial charge in [-0.05, 0) is 36.8 Å². The summed E-state index contributed by atoms with van der Waals surface area (Å²) in [5, 5.41) is 9.24. The second-order valence-electron chi connectivity index (χ2n) is 8.01. The molecule has 2 N–H and O–H groups in total. The average molecular weight is 476 g/mol. The third kappa shape index (κ3) is 4.23. The molecule has 1 aromatic carbocycles. The van der Waals surface area contributed by atoms with E-state index in [9.17, 15) is 4.79 Å². The summed E-state index contributed by atoms with van der Waals surface area (Å²) in [7, 11) is 1.59. The Hall–Kier alpha value is -3.82. The van der Waals surface area contributed by atoms with Crippen LogP contribution in [-0.2, 0) is 11.3 Å². The number of benzene rings is 1. The molecule has 0 radical (unpaired) electrons. The molecule has 5 aromatic rings. The molecule has 0 bridgehead atoms. The van der Waals surface area contributed by atoms with Gasteiger partial charge in [-0.1, -0.05) is 17.7 Å². The summed E-state index contributed by atoms with van der Waals surface area (Å²) < 4.78 is 6.98. The van der Waals surface area contributed by atoms with E-state index in [4.69, 9.17) is 26.4 Å². The van der Waals surface area contributed by atoms with Crippen LogP contribution >= 0.6 is 11.6 Å². The lowest BCUT2D eigenvalue weighted by molar-refractivity contribution is 0.0907. The molecule has 0 aliphatic carbocycles. The van der Waals surface area contributed by atoms with Crippen LogP contribution in [0.4, 0.5) is 0 Å². The van der Waals surface area contributed by atoms with Crippen molar-refractivity contribution in [2.75, 3.05) is 13.7 Å². The number of amides is 1. The Morgan fingerprint density at radius 1 is 1.29 bits per heavy atom. The summed E-state index contributed by atoms with van der Waals surface area (Å²) >= 11 is 6.29. The van der Waals surface area contributed by atoms with Crippen LogP contribution in [0.5, 0.6) is 0 Å². The van der Waals surface area contributed by atoms with Crippen molar-refractivity contribution < 1.29 is 9.53 Å². The maximum Gasteiger partial charge on any atom is 0.255 e. The SMILES string of the molecule is COCC(C)NC(=O)c1c[nH]c2ncc(-c3nn(Cc4cccnc4)c4cc(Cl)ccc34)nc12. The number of carbonyl (C=O) groups excluding carboxylic acids is 1. The minimum Gasteiger partial charge on any atom is -0.383 e. The molecular weight excluding hydrogens is 454 g/mol. The number of hydrogen-bond donors (Lipinski definition) is 2. The Morgan fingerprint density at radius 2 is 2.18 bits per heavy atom. The van der Waals surface area contributed by atoms with Crippen LogP contribution in [0.1, 0.15) is 22.8 Å². The second-order valence-corrected chi connectivity index (χ2v) is 8.45. The number of nitrogens with one attached hydrogen (secondary N) is 2. The topological polar surface area (TPSA) is 111 Å². The highest BCUT2D eigenvalue weighted by Crippen LogP contribution is 2.30. The number of aromatic amines is 1. The van der Waals surface area contributed by atoms with Gasteiger partial charge in [0.05, 0.1) is 30.4 Å². The van der Waals surface area contributed by atoms with E-state index in [1.54, 1.807) is 31.9 Å². The van der Waals surface area contributed by atoms with Crippen LogP contribution in [0.15, 0.2) is 55.1 Å². The Balaban J connectivity index is 1.57. The predicted molar refractivity (Wildman–Crippen MR) is 130 cm³/mol. The first-order valence-corrected chi connectivity index (χ1v) is 11.1. The molecule has 5 rings (SSSR count). The van der Waals surface area contributed by atoms with Gasteiger partial charge >= 0.3 is 0 Å². The molecule has 0 aliphatic heterocycles. The molecular formula is C24H22ClN7O2. The lowest BCUT2D eigenvalue weighted by atomic mass is 10.1. The smallest absolute Gasteiger partial charge is 0.255 e. The first-order chi connectivity index (χ1) is 16.5.